The topological polar surface area (TPSA) is 8.17 Å². The zero-order valence-corrected chi connectivity index (χ0v) is 32.6. The summed E-state index contributed by atoms with van der Waals surface area (Å²) in [4.78, 5) is 2.48. The van der Waals surface area contributed by atoms with Gasteiger partial charge in [0.2, 0.25) is 0 Å². The van der Waals surface area contributed by atoms with E-state index in [0.29, 0.717) is 5.92 Å². The van der Waals surface area contributed by atoms with Crippen LogP contribution in [0.2, 0.25) is 0 Å². The van der Waals surface area contributed by atoms with Crippen LogP contribution in [0.5, 0.6) is 0 Å². The van der Waals surface area contributed by atoms with Gasteiger partial charge in [-0.3, -0.25) is 0 Å². The zero-order valence-electron chi connectivity index (χ0n) is 32.6. The zero-order chi connectivity index (χ0) is 38.4. The molecule has 0 N–H and O–H groups in total. The van der Waals surface area contributed by atoms with Gasteiger partial charge >= 0.3 is 0 Å². The fourth-order valence-corrected chi connectivity index (χ4v) is 9.89. The number of nitrogens with zero attached hydrogens (tertiary/aromatic N) is 2. The Hall–Kier alpha value is -6.90. The molecule has 1 saturated carbocycles. The van der Waals surface area contributed by atoms with E-state index in [1.807, 2.05) is 0 Å². The lowest BCUT2D eigenvalue weighted by Crippen LogP contribution is -2.12. The summed E-state index contributed by atoms with van der Waals surface area (Å²) in [5.74, 6) is 0.589. The number of hydrogen-bond donors (Lipinski definition) is 0. The molecule has 0 radical (unpaired) electrons. The van der Waals surface area contributed by atoms with Gasteiger partial charge in [0.05, 0.1) is 16.7 Å². The van der Waals surface area contributed by atoms with Crippen molar-refractivity contribution in [2.24, 2.45) is 0 Å². The molecule has 58 heavy (non-hydrogen) atoms. The standard InChI is InChI=1S/C56H44N2/c1-3-16-40(17-4-1)48-28-14-20-42-21-15-29-52(56(42)48)50-26-10-11-30-53(50)57(44-34-32-41(33-35-44)47-27-13-19-39-18-7-8-24-46(39)47)45-36-37-51-49-25-9-12-31-54(49)58(55(51)38-45)43-22-5-2-6-23-43/h2,5-15,18-38,40H,1,3-4,16-17H2. The lowest BCUT2D eigenvalue weighted by molar-refractivity contribution is 0.445. The average molecular weight is 745 g/mol. The Morgan fingerprint density at radius 1 is 0.414 bits per heavy atom. The number of aromatic nitrogens is 1. The Labute approximate surface area is 340 Å². The van der Waals surface area contributed by atoms with Crippen molar-refractivity contribution in [1.29, 1.82) is 0 Å². The number of anilines is 3. The molecule has 0 saturated heterocycles. The molecular formula is C56H44N2. The van der Waals surface area contributed by atoms with Gasteiger partial charge in [0, 0.05) is 33.4 Å². The van der Waals surface area contributed by atoms with Crippen LogP contribution in [0.1, 0.15) is 43.6 Å². The highest BCUT2D eigenvalue weighted by atomic mass is 15.1. The normalized spacial score (nSPS) is 13.4. The van der Waals surface area contributed by atoms with Crippen molar-refractivity contribution in [2.45, 2.75) is 38.0 Å². The van der Waals surface area contributed by atoms with E-state index < -0.39 is 0 Å². The van der Waals surface area contributed by atoms with Crippen molar-refractivity contribution < 1.29 is 0 Å². The second-order valence-corrected chi connectivity index (χ2v) is 15.9. The smallest absolute Gasteiger partial charge is 0.0561 e. The molecule has 1 aromatic heterocycles. The van der Waals surface area contributed by atoms with Crippen LogP contribution in [0, 0.1) is 0 Å². The van der Waals surface area contributed by atoms with Crippen molar-refractivity contribution in [1.82, 2.24) is 4.57 Å². The van der Waals surface area contributed by atoms with Gasteiger partial charge in [-0.1, -0.05) is 171 Å². The minimum Gasteiger partial charge on any atom is -0.310 e. The summed E-state index contributed by atoms with van der Waals surface area (Å²) in [6, 6.07) is 74.0. The highest BCUT2D eigenvalue weighted by molar-refractivity contribution is 6.11. The number of para-hydroxylation sites is 3. The Morgan fingerprint density at radius 2 is 1.03 bits per heavy atom. The van der Waals surface area contributed by atoms with Gasteiger partial charge in [0.25, 0.3) is 0 Å². The molecule has 11 rings (SSSR count). The van der Waals surface area contributed by atoms with Crippen LogP contribution in [-0.4, -0.2) is 4.57 Å². The summed E-state index contributed by atoms with van der Waals surface area (Å²) in [6.45, 7) is 0. The van der Waals surface area contributed by atoms with Gasteiger partial charge in [-0.15, -0.1) is 0 Å². The van der Waals surface area contributed by atoms with Crippen LogP contribution < -0.4 is 4.90 Å². The first-order valence-electron chi connectivity index (χ1n) is 20.9. The van der Waals surface area contributed by atoms with Crippen molar-refractivity contribution in [3.8, 4) is 27.9 Å². The fourth-order valence-electron chi connectivity index (χ4n) is 9.89. The minimum absolute atomic E-state index is 0.589. The quantitative estimate of drug-likeness (QED) is 0.158. The molecule has 2 nitrogen and oxygen atoms in total. The molecule has 278 valence electrons. The molecule has 1 heterocycles. The third kappa shape index (κ3) is 5.87. The molecule has 0 amide bonds. The second-order valence-electron chi connectivity index (χ2n) is 15.9. The molecule has 0 unspecified atom stereocenters. The summed E-state index contributed by atoms with van der Waals surface area (Å²) >= 11 is 0. The maximum Gasteiger partial charge on any atom is 0.0561 e. The summed E-state index contributed by atoms with van der Waals surface area (Å²) in [5, 5.41) is 7.73. The summed E-state index contributed by atoms with van der Waals surface area (Å²) in [6.07, 6.45) is 6.49. The molecule has 9 aromatic carbocycles. The molecule has 1 aliphatic rings. The maximum atomic E-state index is 2.48. The molecule has 10 aromatic rings. The first-order valence-corrected chi connectivity index (χ1v) is 20.9. The van der Waals surface area contributed by atoms with E-state index in [-0.39, 0.29) is 0 Å². The van der Waals surface area contributed by atoms with E-state index in [0.717, 1.165) is 22.7 Å². The molecule has 0 spiro atoms. The van der Waals surface area contributed by atoms with Crippen LogP contribution in [-0.2, 0) is 0 Å². The maximum absolute atomic E-state index is 2.48. The third-order valence-corrected chi connectivity index (χ3v) is 12.6. The SMILES string of the molecule is c1ccc(-n2c3ccccc3c3ccc(N(c4ccc(-c5cccc6ccccc56)cc4)c4ccccc4-c4cccc5cccc(C6CCCCC6)c45)cc32)cc1. The Kier molecular flexibility index (Phi) is 8.62. The number of fused-ring (bicyclic) bond motifs is 5. The van der Waals surface area contributed by atoms with Gasteiger partial charge in [-0.05, 0) is 111 Å². The molecular weight excluding hydrogens is 701 g/mol. The molecule has 1 aliphatic carbocycles. The van der Waals surface area contributed by atoms with E-state index >= 15 is 0 Å². The molecule has 1 fully saturated rings. The monoisotopic (exact) mass is 744 g/mol. The predicted molar refractivity (Wildman–Crippen MR) is 247 cm³/mol. The van der Waals surface area contributed by atoms with Crippen molar-refractivity contribution in [2.75, 3.05) is 4.90 Å². The lowest BCUT2D eigenvalue weighted by Gasteiger charge is -2.29. The second kappa shape index (κ2) is 14.6. The summed E-state index contributed by atoms with van der Waals surface area (Å²) in [5.41, 5.74) is 13.4. The highest BCUT2D eigenvalue weighted by Gasteiger charge is 2.24. The van der Waals surface area contributed by atoms with E-state index in [1.54, 1.807) is 0 Å². The Morgan fingerprint density at radius 3 is 1.88 bits per heavy atom. The van der Waals surface area contributed by atoms with Crippen molar-refractivity contribution in [3.05, 3.63) is 206 Å². The van der Waals surface area contributed by atoms with Crippen LogP contribution >= 0.6 is 0 Å². The van der Waals surface area contributed by atoms with Crippen LogP contribution in [0.4, 0.5) is 17.1 Å². The van der Waals surface area contributed by atoms with Gasteiger partial charge in [0.1, 0.15) is 0 Å². The van der Waals surface area contributed by atoms with Gasteiger partial charge in [-0.25, -0.2) is 0 Å². The fraction of sp³-hybridized carbons (Fsp3) is 0.107. The molecule has 2 heteroatoms. The highest BCUT2D eigenvalue weighted by Crippen LogP contribution is 2.47. The Bertz CT molecular complexity index is 3080. The van der Waals surface area contributed by atoms with Gasteiger partial charge in [0.15, 0.2) is 0 Å². The molecule has 0 atom stereocenters. The minimum atomic E-state index is 0.589. The largest absolute Gasteiger partial charge is 0.310 e. The predicted octanol–water partition coefficient (Wildman–Crippen LogP) is 15.9. The first-order chi connectivity index (χ1) is 28.8. The average Bonchev–Trinajstić information content (AvgIpc) is 3.63. The van der Waals surface area contributed by atoms with Crippen molar-refractivity contribution in [3.63, 3.8) is 0 Å². The van der Waals surface area contributed by atoms with Crippen LogP contribution in [0.25, 0.3) is 71.3 Å². The van der Waals surface area contributed by atoms with E-state index in [1.165, 1.54) is 103 Å². The summed E-state index contributed by atoms with van der Waals surface area (Å²) < 4.78 is 2.42. The van der Waals surface area contributed by atoms with E-state index in [9.17, 15) is 0 Å². The van der Waals surface area contributed by atoms with Gasteiger partial charge in [-0.2, -0.15) is 0 Å². The summed E-state index contributed by atoms with van der Waals surface area (Å²) in [7, 11) is 0. The molecule has 0 aliphatic heterocycles. The number of hydrogen-bond acceptors (Lipinski definition) is 1. The number of rotatable bonds is 7. The van der Waals surface area contributed by atoms with E-state index in [2.05, 4.69) is 210 Å². The lowest BCUT2D eigenvalue weighted by atomic mass is 9.80. The van der Waals surface area contributed by atoms with Gasteiger partial charge < -0.3 is 9.47 Å². The van der Waals surface area contributed by atoms with E-state index in [4.69, 9.17) is 0 Å². The van der Waals surface area contributed by atoms with Crippen LogP contribution in [0.15, 0.2) is 200 Å². The number of benzene rings is 9. The molecule has 0 bridgehead atoms. The first kappa shape index (κ1) is 34.4. The third-order valence-electron chi connectivity index (χ3n) is 12.6. The van der Waals surface area contributed by atoms with Crippen LogP contribution in [0.3, 0.4) is 0 Å². The van der Waals surface area contributed by atoms with Crippen molar-refractivity contribution >= 4 is 60.4 Å². The Balaban J connectivity index is 1.14.